The molecule has 2 aromatic carbocycles. The van der Waals surface area contributed by atoms with Crippen molar-refractivity contribution >= 4 is 28.8 Å². The minimum atomic E-state index is -0.0297. The molecule has 1 aromatic heterocycles. The highest BCUT2D eigenvalue weighted by molar-refractivity contribution is 7.13. The van der Waals surface area contributed by atoms with E-state index >= 15 is 0 Å². The Kier molecular flexibility index (Phi) is 7.79. The van der Waals surface area contributed by atoms with Crippen LogP contribution in [0, 0.1) is 0 Å². The molecule has 0 radical (unpaired) electrons. The molecule has 1 amide bonds. The lowest BCUT2D eigenvalue weighted by Crippen LogP contribution is -2.41. The summed E-state index contributed by atoms with van der Waals surface area (Å²) in [6.07, 6.45) is 3.88. The van der Waals surface area contributed by atoms with Crippen LogP contribution in [0.5, 0.6) is 5.75 Å². The normalized spacial score (nSPS) is 15.3. The predicted molar refractivity (Wildman–Crippen MR) is 130 cm³/mol. The van der Waals surface area contributed by atoms with E-state index in [1.807, 2.05) is 47.8 Å². The number of para-hydroxylation sites is 1. The maximum absolute atomic E-state index is 12.8. The van der Waals surface area contributed by atoms with E-state index in [0.717, 1.165) is 40.7 Å². The van der Waals surface area contributed by atoms with Gasteiger partial charge in [-0.1, -0.05) is 54.4 Å². The number of ether oxygens (including phenoxy) is 1. The number of thiazole rings is 1. The van der Waals surface area contributed by atoms with Gasteiger partial charge >= 0.3 is 0 Å². The van der Waals surface area contributed by atoms with Crippen LogP contribution in [0.3, 0.4) is 0 Å². The summed E-state index contributed by atoms with van der Waals surface area (Å²) < 4.78 is 5.62. The molecule has 1 aliphatic rings. The van der Waals surface area contributed by atoms with Crippen molar-refractivity contribution in [2.45, 2.75) is 31.7 Å². The van der Waals surface area contributed by atoms with Crippen molar-refractivity contribution in [3.63, 3.8) is 0 Å². The zero-order chi connectivity index (χ0) is 22.3. The van der Waals surface area contributed by atoms with Crippen LogP contribution in [0.4, 0.5) is 0 Å². The van der Waals surface area contributed by atoms with Gasteiger partial charge in [-0.3, -0.25) is 9.69 Å². The third-order valence-electron chi connectivity index (χ3n) is 5.82. The SMILES string of the molecule is COc1ccccc1C(CNC(=O)Cc1csc(-c2ccccc2Cl)n1)N1CCCCC1. The zero-order valence-electron chi connectivity index (χ0n) is 18.2. The van der Waals surface area contributed by atoms with Crippen molar-refractivity contribution in [1.29, 1.82) is 0 Å². The Bertz CT molecular complexity index is 1050. The van der Waals surface area contributed by atoms with Crippen molar-refractivity contribution in [2.24, 2.45) is 0 Å². The summed E-state index contributed by atoms with van der Waals surface area (Å²) in [6, 6.07) is 15.8. The highest BCUT2D eigenvalue weighted by Gasteiger charge is 2.25. The van der Waals surface area contributed by atoms with E-state index in [9.17, 15) is 4.79 Å². The molecule has 3 aromatic rings. The fourth-order valence-electron chi connectivity index (χ4n) is 4.19. The number of hydrogen-bond acceptors (Lipinski definition) is 5. The van der Waals surface area contributed by atoms with Crippen molar-refractivity contribution in [2.75, 3.05) is 26.7 Å². The van der Waals surface area contributed by atoms with Crippen LogP contribution in [0.15, 0.2) is 53.9 Å². The number of carbonyl (C=O) groups is 1. The number of carbonyl (C=O) groups excluding carboxylic acids is 1. The number of nitrogens with zero attached hydrogens (tertiary/aromatic N) is 2. The Morgan fingerprint density at radius 1 is 1.16 bits per heavy atom. The lowest BCUT2D eigenvalue weighted by Gasteiger charge is -2.35. The summed E-state index contributed by atoms with van der Waals surface area (Å²) in [4.78, 5) is 19.9. The van der Waals surface area contributed by atoms with Gasteiger partial charge in [-0.2, -0.15) is 0 Å². The molecule has 168 valence electrons. The lowest BCUT2D eigenvalue weighted by atomic mass is 10.0. The van der Waals surface area contributed by atoms with E-state index in [-0.39, 0.29) is 18.4 Å². The third kappa shape index (κ3) is 5.49. The van der Waals surface area contributed by atoms with Gasteiger partial charge in [-0.25, -0.2) is 4.98 Å². The molecule has 4 rings (SSSR count). The van der Waals surface area contributed by atoms with Crippen LogP contribution in [-0.2, 0) is 11.2 Å². The molecule has 1 N–H and O–H groups in total. The van der Waals surface area contributed by atoms with E-state index in [4.69, 9.17) is 16.3 Å². The summed E-state index contributed by atoms with van der Waals surface area (Å²) in [6.45, 7) is 2.61. The van der Waals surface area contributed by atoms with E-state index < -0.39 is 0 Å². The van der Waals surface area contributed by atoms with E-state index in [1.165, 1.54) is 30.6 Å². The van der Waals surface area contributed by atoms with Crippen LogP contribution in [-0.4, -0.2) is 42.5 Å². The minimum Gasteiger partial charge on any atom is -0.496 e. The lowest BCUT2D eigenvalue weighted by molar-refractivity contribution is -0.120. The van der Waals surface area contributed by atoms with Gasteiger partial charge in [-0.15, -0.1) is 11.3 Å². The Hall–Kier alpha value is -2.41. The van der Waals surface area contributed by atoms with Crippen LogP contribution in [0.2, 0.25) is 5.02 Å². The van der Waals surface area contributed by atoms with Gasteiger partial charge in [0, 0.05) is 23.1 Å². The first-order valence-electron chi connectivity index (χ1n) is 11.0. The quantitative estimate of drug-likeness (QED) is 0.482. The first-order valence-corrected chi connectivity index (χ1v) is 12.2. The summed E-state index contributed by atoms with van der Waals surface area (Å²) in [5.74, 6) is 0.833. The zero-order valence-corrected chi connectivity index (χ0v) is 19.8. The van der Waals surface area contributed by atoms with Crippen LogP contribution >= 0.6 is 22.9 Å². The largest absolute Gasteiger partial charge is 0.496 e. The van der Waals surface area contributed by atoms with Gasteiger partial charge in [0.1, 0.15) is 10.8 Å². The minimum absolute atomic E-state index is 0.0297. The molecule has 2 heterocycles. The molecule has 1 fully saturated rings. The van der Waals surface area contributed by atoms with E-state index in [0.29, 0.717) is 11.6 Å². The molecule has 0 spiro atoms. The second kappa shape index (κ2) is 10.9. The molecule has 1 unspecified atom stereocenters. The Morgan fingerprint density at radius 2 is 1.91 bits per heavy atom. The number of piperidine rings is 1. The van der Waals surface area contributed by atoms with Gasteiger partial charge in [0.15, 0.2) is 0 Å². The number of amides is 1. The number of benzene rings is 2. The summed E-state index contributed by atoms with van der Waals surface area (Å²) in [5.41, 5.74) is 2.77. The van der Waals surface area contributed by atoms with E-state index in [1.54, 1.807) is 7.11 Å². The first kappa shape index (κ1) is 22.8. The van der Waals surface area contributed by atoms with Crippen molar-refractivity contribution in [1.82, 2.24) is 15.2 Å². The number of methoxy groups -OCH3 is 1. The topological polar surface area (TPSA) is 54.5 Å². The molecular weight excluding hydrogens is 442 g/mol. The summed E-state index contributed by atoms with van der Waals surface area (Å²) in [5, 5.41) is 6.57. The van der Waals surface area contributed by atoms with Crippen LogP contribution < -0.4 is 10.1 Å². The fraction of sp³-hybridized carbons (Fsp3) is 0.360. The van der Waals surface area contributed by atoms with Gasteiger partial charge in [0.05, 0.1) is 30.3 Å². The smallest absolute Gasteiger partial charge is 0.226 e. The molecule has 5 nitrogen and oxygen atoms in total. The highest BCUT2D eigenvalue weighted by Crippen LogP contribution is 2.32. The highest BCUT2D eigenvalue weighted by atomic mass is 35.5. The third-order valence-corrected chi connectivity index (χ3v) is 7.07. The first-order chi connectivity index (χ1) is 15.7. The Balaban J connectivity index is 1.43. The molecular formula is C25H28ClN3O2S. The fourth-order valence-corrected chi connectivity index (χ4v) is 5.33. The number of aromatic nitrogens is 1. The maximum atomic E-state index is 12.8. The van der Waals surface area contributed by atoms with Gasteiger partial charge in [-0.05, 0) is 38.1 Å². The number of likely N-dealkylation sites (tertiary alicyclic amines) is 1. The molecule has 1 saturated heterocycles. The molecule has 0 saturated carbocycles. The van der Waals surface area contributed by atoms with Crippen molar-refractivity contribution in [3.05, 3.63) is 70.2 Å². The molecule has 0 aliphatic carbocycles. The number of nitrogens with one attached hydrogen (secondary N) is 1. The molecule has 1 atom stereocenters. The number of rotatable bonds is 8. The maximum Gasteiger partial charge on any atom is 0.226 e. The number of hydrogen-bond donors (Lipinski definition) is 1. The Morgan fingerprint density at radius 3 is 2.69 bits per heavy atom. The second-order valence-corrected chi connectivity index (χ2v) is 9.22. The Labute approximate surface area is 198 Å². The van der Waals surface area contributed by atoms with Crippen LogP contribution in [0.25, 0.3) is 10.6 Å². The second-order valence-electron chi connectivity index (χ2n) is 7.96. The molecule has 7 heteroatoms. The van der Waals surface area contributed by atoms with Gasteiger partial charge in [0.25, 0.3) is 0 Å². The summed E-state index contributed by atoms with van der Waals surface area (Å²) >= 11 is 7.79. The van der Waals surface area contributed by atoms with Crippen molar-refractivity contribution < 1.29 is 9.53 Å². The van der Waals surface area contributed by atoms with Gasteiger partial charge in [0.2, 0.25) is 5.91 Å². The monoisotopic (exact) mass is 469 g/mol. The average molecular weight is 470 g/mol. The number of halogens is 1. The molecule has 32 heavy (non-hydrogen) atoms. The molecule has 1 aliphatic heterocycles. The van der Waals surface area contributed by atoms with E-state index in [2.05, 4.69) is 21.3 Å². The average Bonchev–Trinajstić information content (AvgIpc) is 3.28. The predicted octanol–water partition coefficient (Wildman–Crippen LogP) is 5.36. The molecule has 0 bridgehead atoms. The summed E-state index contributed by atoms with van der Waals surface area (Å²) in [7, 11) is 1.70. The van der Waals surface area contributed by atoms with Crippen LogP contribution in [0.1, 0.15) is 36.6 Å². The van der Waals surface area contributed by atoms with Crippen molar-refractivity contribution in [3.8, 4) is 16.3 Å². The van der Waals surface area contributed by atoms with Gasteiger partial charge < -0.3 is 10.1 Å². The standard InChI is InChI=1S/C25H28ClN3O2S/c1-31-23-12-6-4-10-20(23)22(29-13-7-2-8-14-29)16-27-24(30)15-18-17-32-25(28-18)19-9-3-5-11-21(19)26/h3-6,9-12,17,22H,2,7-8,13-16H2,1H3,(H,27,30).